The smallest absolute Gasteiger partial charge is 0.316 e. The van der Waals surface area contributed by atoms with Gasteiger partial charge >= 0.3 is 5.97 Å². The number of ether oxygens (including phenoxy) is 1. The van der Waals surface area contributed by atoms with Gasteiger partial charge < -0.3 is 4.74 Å². The first-order valence-corrected chi connectivity index (χ1v) is 6.77. The first kappa shape index (κ1) is 14.9. The highest BCUT2D eigenvalue weighted by Crippen LogP contribution is 2.14. The second-order valence-electron chi connectivity index (χ2n) is 4.07. The lowest BCUT2D eigenvalue weighted by Crippen LogP contribution is -2.23. The summed E-state index contributed by atoms with van der Waals surface area (Å²) in [6, 6.07) is 7.81. The summed E-state index contributed by atoms with van der Waals surface area (Å²) in [6.07, 6.45) is 0.998. The number of benzene rings is 1. The number of halogens is 1. The van der Waals surface area contributed by atoms with Gasteiger partial charge in [0, 0.05) is 10.9 Å². The van der Waals surface area contributed by atoms with E-state index in [0.29, 0.717) is 19.4 Å². The molecule has 0 N–H and O–H groups in total. The summed E-state index contributed by atoms with van der Waals surface area (Å²) in [5, 5.41) is 0. The zero-order chi connectivity index (χ0) is 13.5. The van der Waals surface area contributed by atoms with Gasteiger partial charge in [-0.05, 0) is 38.0 Å². The summed E-state index contributed by atoms with van der Waals surface area (Å²) >= 11 is 3.38. The molecular weight excluding hydrogens is 296 g/mol. The molecule has 1 atom stereocenters. The number of carbonyl (C=O) groups excluding carboxylic acids is 2. The van der Waals surface area contributed by atoms with Gasteiger partial charge in [0.1, 0.15) is 11.7 Å². The van der Waals surface area contributed by atoms with Gasteiger partial charge in [0.05, 0.1) is 6.61 Å². The highest BCUT2D eigenvalue weighted by Gasteiger charge is 2.21. The molecule has 1 rings (SSSR count). The van der Waals surface area contributed by atoms with Crippen LogP contribution >= 0.6 is 15.9 Å². The van der Waals surface area contributed by atoms with E-state index in [4.69, 9.17) is 4.74 Å². The van der Waals surface area contributed by atoms with E-state index in [1.165, 1.54) is 0 Å². The van der Waals surface area contributed by atoms with E-state index in [1.807, 2.05) is 24.3 Å². The molecule has 1 aromatic carbocycles. The fourth-order valence-electron chi connectivity index (χ4n) is 1.58. The maximum Gasteiger partial charge on any atom is 0.316 e. The van der Waals surface area contributed by atoms with E-state index in [9.17, 15) is 9.59 Å². The van der Waals surface area contributed by atoms with E-state index in [1.54, 1.807) is 13.8 Å². The van der Waals surface area contributed by atoms with Crippen molar-refractivity contribution < 1.29 is 14.3 Å². The molecule has 0 saturated carbocycles. The second-order valence-corrected chi connectivity index (χ2v) is 4.99. The Morgan fingerprint density at radius 2 is 2.11 bits per heavy atom. The lowest BCUT2D eigenvalue weighted by Gasteiger charge is -2.09. The van der Waals surface area contributed by atoms with Crippen LogP contribution in [0.1, 0.15) is 25.8 Å². The molecule has 4 heteroatoms. The van der Waals surface area contributed by atoms with E-state index in [-0.39, 0.29) is 5.78 Å². The standard InChI is InChI=1S/C14H17BrO3/c1-3-18-14(17)10(2)13(16)8-7-11-5-4-6-12(15)9-11/h4-6,9-10H,3,7-8H2,1-2H3. The van der Waals surface area contributed by atoms with Crippen LogP contribution in [0.5, 0.6) is 0 Å². The van der Waals surface area contributed by atoms with Crippen molar-refractivity contribution >= 4 is 27.7 Å². The molecule has 0 fully saturated rings. The maximum absolute atomic E-state index is 11.8. The van der Waals surface area contributed by atoms with Crippen molar-refractivity contribution in [1.29, 1.82) is 0 Å². The zero-order valence-electron chi connectivity index (χ0n) is 10.6. The van der Waals surface area contributed by atoms with E-state index >= 15 is 0 Å². The van der Waals surface area contributed by atoms with Crippen molar-refractivity contribution in [2.45, 2.75) is 26.7 Å². The van der Waals surface area contributed by atoms with Crippen molar-refractivity contribution in [3.05, 3.63) is 34.3 Å². The molecule has 0 aliphatic carbocycles. The molecule has 18 heavy (non-hydrogen) atoms. The van der Waals surface area contributed by atoms with Crippen LogP contribution in [0.4, 0.5) is 0 Å². The molecule has 3 nitrogen and oxygen atoms in total. The summed E-state index contributed by atoms with van der Waals surface area (Å²) in [5.41, 5.74) is 1.08. The number of ketones is 1. The van der Waals surface area contributed by atoms with Crippen LogP contribution in [0, 0.1) is 5.92 Å². The summed E-state index contributed by atoms with van der Waals surface area (Å²) in [7, 11) is 0. The summed E-state index contributed by atoms with van der Waals surface area (Å²) in [4.78, 5) is 23.2. The Kier molecular flexibility index (Phi) is 6.05. The summed E-state index contributed by atoms with van der Waals surface area (Å²) < 4.78 is 5.82. The van der Waals surface area contributed by atoms with Crippen LogP contribution < -0.4 is 0 Å². The van der Waals surface area contributed by atoms with Crippen molar-refractivity contribution in [2.75, 3.05) is 6.61 Å². The number of carbonyl (C=O) groups is 2. The molecule has 0 aliphatic heterocycles. The average molecular weight is 313 g/mol. The quantitative estimate of drug-likeness (QED) is 0.598. The minimum Gasteiger partial charge on any atom is -0.465 e. The van der Waals surface area contributed by atoms with Crippen molar-refractivity contribution in [3.8, 4) is 0 Å². The largest absolute Gasteiger partial charge is 0.465 e. The van der Waals surface area contributed by atoms with Gasteiger partial charge in [0.15, 0.2) is 0 Å². The molecule has 0 spiro atoms. The van der Waals surface area contributed by atoms with Gasteiger partial charge in [-0.15, -0.1) is 0 Å². The number of hydrogen-bond donors (Lipinski definition) is 0. The third-order valence-corrected chi connectivity index (χ3v) is 3.17. The highest BCUT2D eigenvalue weighted by atomic mass is 79.9. The van der Waals surface area contributed by atoms with Crippen LogP contribution in [0.25, 0.3) is 0 Å². The Hall–Kier alpha value is -1.16. The van der Waals surface area contributed by atoms with Crippen molar-refractivity contribution in [3.63, 3.8) is 0 Å². The van der Waals surface area contributed by atoms with Crippen LogP contribution in [0.15, 0.2) is 28.7 Å². The monoisotopic (exact) mass is 312 g/mol. The minimum atomic E-state index is -0.669. The van der Waals surface area contributed by atoms with Crippen LogP contribution in [0.3, 0.4) is 0 Å². The maximum atomic E-state index is 11.8. The molecule has 0 saturated heterocycles. The van der Waals surface area contributed by atoms with Crippen molar-refractivity contribution in [1.82, 2.24) is 0 Å². The molecule has 98 valence electrons. The molecule has 1 unspecified atom stereocenters. The lowest BCUT2D eigenvalue weighted by molar-refractivity contribution is -0.150. The van der Waals surface area contributed by atoms with Gasteiger partial charge in [0.25, 0.3) is 0 Å². The second kappa shape index (κ2) is 7.31. The Morgan fingerprint density at radius 1 is 1.39 bits per heavy atom. The summed E-state index contributed by atoms with van der Waals surface area (Å²) in [6.45, 7) is 3.64. The van der Waals surface area contributed by atoms with Crippen LogP contribution in [-0.2, 0) is 20.7 Å². The van der Waals surface area contributed by atoms with Crippen molar-refractivity contribution in [2.24, 2.45) is 5.92 Å². The normalized spacial score (nSPS) is 11.9. The topological polar surface area (TPSA) is 43.4 Å². The fourth-order valence-corrected chi connectivity index (χ4v) is 2.02. The van der Waals surface area contributed by atoms with Gasteiger partial charge in [-0.2, -0.15) is 0 Å². The van der Waals surface area contributed by atoms with Gasteiger partial charge in [-0.1, -0.05) is 28.1 Å². The van der Waals surface area contributed by atoms with Gasteiger partial charge in [-0.3, -0.25) is 9.59 Å². The number of rotatable bonds is 6. The van der Waals surface area contributed by atoms with Gasteiger partial charge in [0.2, 0.25) is 0 Å². The number of aryl methyl sites for hydroxylation is 1. The Morgan fingerprint density at radius 3 is 2.72 bits per heavy atom. The fraction of sp³-hybridized carbons (Fsp3) is 0.429. The SMILES string of the molecule is CCOC(=O)C(C)C(=O)CCc1cccc(Br)c1. The number of esters is 1. The summed E-state index contributed by atoms with van der Waals surface area (Å²) in [5.74, 6) is -1.18. The predicted molar refractivity (Wildman–Crippen MR) is 73.3 cm³/mol. The first-order valence-electron chi connectivity index (χ1n) is 5.98. The zero-order valence-corrected chi connectivity index (χ0v) is 12.2. The molecule has 0 aromatic heterocycles. The van der Waals surface area contributed by atoms with E-state index < -0.39 is 11.9 Å². The predicted octanol–water partition coefficient (Wildman–Crippen LogP) is 3.15. The van der Waals surface area contributed by atoms with Crippen LogP contribution in [-0.4, -0.2) is 18.4 Å². The van der Waals surface area contributed by atoms with Crippen LogP contribution in [0.2, 0.25) is 0 Å². The van der Waals surface area contributed by atoms with Gasteiger partial charge in [-0.25, -0.2) is 0 Å². The number of hydrogen-bond acceptors (Lipinski definition) is 3. The molecule has 0 amide bonds. The Labute approximate surface area is 116 Å². The van der Waals surface area contributed by atoms with E-state index in [2.05, 4.69) is 15.9 Å². The van der Waals surface area contributed by atoms with E-state index in [0.717, 1.165) is 10.0 Å². The molecule has 0 radical (unpaired) electrons. The highest BCUT2D eigenvalue weighted by molar-refractivity contribution is 9.10. The lowest BCUT2D eigenvalue weighted by atomic mass is 10.00. The molecule has 1 aromatic rings. The Bertz CT molecular complexity index is 429. The Balaban J connectivity index is 2.48. The number of Topliss-reactive ketones (excluding diaryl/α,β-unsaturated/α-hetero) is 1. The third-order valence-electron chi connectivity index (χ3n) is 2.67. The minimum absolute atomic E-state index is 0.0755. The molecular formula is C14H17BrO3. The molecule has 0 bridgehead atoms. The first-order chi connectivity index (χ1) is 8.54. The third kappa shape index (κ3) is 4.61. The average Bonchev–Trinajstić information content (AvgIpc) is 2.35. The molecule has 0 aliphatic rings. The molecule has 0 heterocycles.